The van der Waals surface area contributed by atoms with E-state index < -0.39 is 0 Å². The largest absolute Gasteiger partial charge is 0.353 e. The number of hydrogen-bond acceptors (Lipinski definition) is 5. The normalized spacial score (nSPS) is 11.5. The van der Waals surface area contributed by atoms with Gasteiger partial charge in [0, 0.05) is 44.4 Å². The molecule has 0 aliphatic carbocycles. The van der Waals surface area contributed by atoms with Gasteiger partial charge in [-0.25, -0.2) is 0 Å². The van der Waals surface area contributed by atoms with Crippen molar-refractivity contribution in [3.8, 4) is 33.1 Å². The molecule has 6 aromatic rings. The lowest BCUT2D eigenvalue weighted by molar-refractivity contribution is -0.118. The van der Waals surface area contributed by atoms with Crippen LogP contribution < -0.4 is 5.32 Å². The standard InChI is InChI=1S/C27H22N6OS/c1-15(2)27(34)30-17-9-16(12-28-13-17)22-11-20-24(14-29-22)32-33-26(20)23-10-19-18(25-7-4-8-35-25)5-3-6-21(19)31-23/h3-15,31H,1-2H3,(H,30,34)(H,32,33). The van der Waals surface area contributed by atoms with E-state index in [0.717, 1.165) is 44.5 Å². The molecule has 0 saturated carbocycles. The van der Waals surface area contributed by atoms with Crippen LogP contribution in [0.25, 0.3) is 54.9 Å². The SMILES string of the molecule is CC(C)C(=O)Nc1cncc(-c2cc3c(-c4cc5c(-c6cccs6)cccc5[nH]4)n[nH]c3cn2)c1. The summed E-state index contributed by atoms with van der Waals surface area (Å²) < 4.78 is 0. The van der Waals surface area contributed by atoms with Crippen molar-refractivity contribution < 1.29 is 4.79 Å². The van der Waals surface area contributed by atoms with Crippen LogP contribution >= 0.6 is 11.3 Å². The number of rotatable bonds is 5. The Morgan fingerprint density at radius 2 is 1.91 bits per heavy atom. The van der Waals surface area contributed by atoms with Gasteiger partial charge in [-0.15, -0.1) is 11.3 Å². The van der Waals surface area contributed by atoms with Gasteiger partial charge in [-0.2, -0.15) is 5.10 Å². The Balaban J connectivity index is 1.41. The highest BCUT2D eigenvalue weighted by molar-refractivity contribution is 7.13. The number of fused-ring (bicyclic) bond motifs is 2. The van der Waals surface area contributed by atoms with Crippen LogP contribution in [-0.2, 0) is 4.79 Å². The molecule has 0 aliphatic rings. The zero-order chi connectivity index (χ0) is 23.9. The minimum Gasteiger partial charge on any atom is -0.353 e. The maximum Gasteiger partial charge on any atom is 0.226 e. The predicted octanol–water partition coefficient (Wildman–Crippen LogP) is 6.49. The lowest BCUT2D eigenvalue weighted by Gasteiger charge is -2.08. The van der Waals surface area contributed by atoms with Gasteiger partial charge in [0.1, 0.15) is 5.69 Å². The molecule has 7 nitrogen and oxygen atoms in total. The number of thiophene rings is 1. The first-order valence-corrected chi connectivity index (χ1v) is 12.2. The van der Waals surface area contributed by atoms with Crippen molar-refractivity contribution in [3.05, 3.63) is 72.5 Å². The first-order valence-electron chi connectivity index (χ1n) is 11.3. The number of carbonyl (C=O) groups excluding carboxylic acids is 1. The highest BCUT2D eigenvalue weighted by Crippen LogP contribution is 2.36. The van der Waals surface area contributed by atoms with Crippen molar-refractivity contribution in [2.24, 2.45) is 5.92 Å². The fourth-order valence-corrected chi connectivity index (χ4v) is 4.91. The van der Waals surface area contributed by atoms with Crippen LogP contribution in [-0.4, -0.2) is 31.1 Å². The fraction of sp³-hybridized carbons (Fsp3) is 0.111. The summed E-state index contributed by atoms with van der Waals surface area (Å²) in [6, 6.07) is 16.6. The number of hydrogen-bond donors (Lipinski definition) is 3. The zero-order valence-corrected chi connectivity index (χ0v) is 20.0. The highest BCUT2D eigenvalue weighted by atomic mass is 32.1. The first-order chi connectivity index (χ1) is 17.1. The second-order valence-corrected chi connectivity index (χ2v) is 9.67. The molecule has 5 heterocycles. The molecule has 0 fully saturated rings. The van der Waals surface area contributed by atoms with E-state index in [1.54, 1.807) is 29.9 Å². The monoisotopic (exact) mass is 478 g/mol. The summed E-state index contributed by atoms with van der Waals surface area (Å²) in [6.45, 7) is 3.71. The topological polar surface area (TPSA) is 99.4 Å². The Morgan fingerprint density at radius 1 is 1.00 bits per heavy atom. The van der Waals surface area contributed by atoms with Crippen molar-refractivity contribution in [1.82, 2.24) is 25.1 Å². The van der Waals surface area contributed by atoms with Crippen molar-refractivity contribution in [3.63, 3.8) is 0 Å². The number of amides is 1. The molecule has 0 atom stereocenters. The smallest absolute Gasteiger partial charge is 0.226 e. The number of anilines is 1. The third-order valence-corrected chi connectivity index (χ3v) is 6.88. The van der Waals surface area contributed by atoms with Crippen LogP contribution in [0.3, 0.4) is 0 Å². The molecular formula is C27H22N6OS. The summed E-state index contributed by atoms with van der Waals surface area (Å²) in [4.78, 5) is 25.8. The first kappa shape index (κ1) is 21.2. The second kappa shape index (κ2) is 8.48. The lowest BCUT2D eigenvalue weighted by Crippen LogP contribution is -2.17. The van der Waals surface area contributed by atoms with Crippen LogP contribution in [0.1, 0.15) is 13.8 Å². The Bertz CT molecular complexity index is 1680. The summed E-state index contributed by atoms with van der Waals surface area (Å²) in [5.74, 6) is -0.163. The maximum atomic E-state index is 12.1. The third-order valence-electron chi connectivity index (χ3n) is 5.98. The number of aromatic amines is 2. The van der Waals surface area contributed by atoms with Gasteiger partial charge in [0.2, 0.25) is 5.91 Å². The molecule has 0 radical (unpaired) electrons. The molecule has 5 aromatic heterocycles. The van der Waals surface area contributed by atoms with Gasteiger partial charge in [0.25, 0.3) is 0 Å². The number of H-pyrrole nitrogens is 2. The summed E-state index contributed by atoms with van der Waals surface area (Å²) in [5.41, 5.74) is 7.09. The molecule has 1 amide bonds. The van der Waals surface area contributed by atoms with Crippen molar-refractivity contribution >= 4 is 44.7 Å². The van der Waals surface area contributed by atoms with Crippen molar-refractivity contribution in [2.45, 2.75) is 13.8 Å². The van der Waals surface area contributed by atoms with E-state index in [2.05, 4.69) is 72.2 Å². The van der Waals surface area contributed by atoms with Crippen molar-refractivity contribution in [1.29, 1.82) is 0 Å². The minimum atomic E-state index is -0.113. The molecule has 8 heteroatoms. The summed E-state index contributed by atoms with van der Waals surface area (Å²) in [5, 5.41) is 14.8. The minimum absolute atomic E-state index is 0.0507. The fourth-order valence-electron chi connectivity index (χ4n) is 4.14. The second-order valence-electron chi connectivity index (χ2n) is 8.72. The van der Waals surface area contributed by atoms with E-state index >= 15 is 0 Å². The van der Waals surface area contributed by atoms with Crippen LogP contribution in [0.2, 0.25) is 0 Å². The summed E-state index contributed by atoms with van der Waals surface area (Å²) in [6.07, 6.45) is 5.16. The van der Waals surface area contributed by atoms with Crippen LogP contribution in [0.5, 0.6) is 0 Å². The van der Waals surface area contributed by atoms with Crippen molar-refractivity contribution in [2.75, 3.05) is 5.32 Å². The number of pyridine rings is 2. The lowest BCUT2D eigenvalue weighted by atomic mass is 10.1. The van der Waals surface area contributed by atoms with Gasteiger partial charge in [-0.1, -0.05) is 32.0 Å². The van der Waals surface area contributed by atoms with Crippen LogP contribution in [0.4, 0.5) is 5.69 Å². The Hall–Kier alpha value is -4.30. The number of carbonyl (C=O) groups is 1. The summed E-state index contributed by atoms with van der Waals surface area (Å²) in [7, 11) is 0. The number of nitrogens with zero attached hydrogens (tertiary/aromatic N) is 3. The molecular weight excluding hydrogens is 456 g/mol. The summed E-state index contributed by atoms with van der Waals surface area (Å²) >= 11 is 1.73. The Kier molecular flexibility index (Phi) is 5.15. The Labute approximate surface area is 205 Å². The molecule has 172 valence electrons. The predicted molar refractivity (Wildman–Crippen MR) is 141 cm³/mol. The van der Waals surface area contributed by atoms with Crippen LogP contribution in [0, 0.1) is 5.92 Å². The zero-order valence-electron chi connectivity index (χ0n) is 19.2. The van der Waals surface area contributed by atoms with Gasteiger partial charge in [0.15, 0.2) is 0 Å². The van der Waals surface area contributed by atoms with Gasteiger partial charge < -0.3 is 10.3 Å². The molecule has 1 aromatic carbocycles. The van der Waals surface area contributed by atoms with Gasteiger partial charge in [-0.05, 0) is 35.7 Å². The molecule has 35 heavy (non-hydrogen) atoms. The molecule has 0 saturated heterocycles. The maximum absolute atomic E-state index is 12.1. The Morgan fingerprint density at radius 3 is 2.74 bits per heavy atom. The van der Waals surface area contributed by atoms with E-state index in [1.807, 2.05) is 26.0 Å². The molecule has 0 unspecified atom stereocenters. The van der Waals surface area contributed by atoms with Gasteiger partial charge in [-0.3, -0.25) is 19.9 Å². The third kappa shape index (κ3) is 3.87. The number of benzene rings is 1. The van der Waals surface area contributed by atoms with E-state index in [-0.39, 0.29) is 11.8 Å². The average molecular weight is 479 g/mol. The quantitative estimate of drug-likeness (QED) is 0.264. The average Bonchev–Trinajstić information content (AvgIpc) is 3.62. The van der Waals surface area contributed by atoms with E-state index in [9.17, 15) is 4.79 Å². The number of nitrogens with one attached hydrogen (secondary N) is 3. The molecule has 6 rings (SSSR count). The van der Waals surface area contributed by atoms with E-state index in [1.165, 1.54) is 10.4 Å². The van der Waals surface area contributed by atoms with E-state index in [0.29, 0.717) is 5.69 Å². The molecule has 3 N–H and O–H groups in total. The van der Waals surface area contributed by atoms with Gasteiger partial charge in [0.05, 0.1) is 35.0 Å². The van der Waals surface area contributed by atoms with Crippen LogP contribution in [0.15, 0.2) is 72.5 Å². The number of aromatic nitrogens is 5. The molecule has 0 bridgehead atoms. The van der Waals surface area contributed by atoms with Gasteiger partial charge >= 0.3 is 0 Å². The van der Waals surface area contributed by atoms with E-state index in [4.69, 9.17) is 0 Å². The molecule has 0 spiro atoms. The highest BCUT2D eigenvalue weighted by Gasteiger charge is 2.15. The molecule has 0 aliphatic heterocycles.